The van der Waals surface area contributed by atoms with Gasteiger partial charge in [0.25, 0.3) is 5.91 Å². The van der Waals surface area contributed by atoms with E-state index < -0.39 is 0 Å². The number of benzene rings is 2. The zero-order valence-electron chi connectivity index (χ0n) is 12.6. The van der Waals surface area contributed by atoms with Crippen LogP contribution in [-0.2, 0) is 4.79 Å². The van der Waals surface area contributed by atoms with Gasteiger partial charge in [-0.05, 0) is 43.7 Å². The molecule has 0 saturated heterocycles. The molecule has 5 heteroatoms. The fraction of sp³-hybridized carbons (Fsp3) is 0.176. The molecular weight excluding hydrogens is 278 g/mol. The van der Waals surface area contributed by atoms with Crippen LogP contribution in [-0.4, -0.2) is 18.4 Å². The molecule has 0 bridgehead atoms. The smallest absolute Gasteiger partial charge is 0.255 e. The molecule has 5 nitrogen and oxygen atoms in total. The topological polar surface area (TPSA) is 84.2 Å². The number of hydrogen-bond donors (Lipinski definition) is 3. The SMILES string of the molecule is Cc1ccc(C(=O)Nc2ccc(C)c(NC(=O)CN)c2)cc1. The Morgan fingerprint density at radius 1 is 1.00 bits per heavy atom. The van der Waals surface area contributed by atoms with Gasteiger partial charge in [0.05, 0.1) is 6.54 Å². The van der Waals surface area contributed by atoms with Crippen LogP contribution in [0.1, 0.15) is 21.5 Å². The minimum atomic E-state index is -0.273. The number of rotatable bonds is 4. The lowest BCUT2D eigenvalue weighted by atomic mass is 10.1. The second kappa shape index (κ2) is 6.87. The van der Waals surface area contributed by atoms with Crippen molar-refractivity contribution in [2.45, 2.75) is 13.8 Å². The summed E-state index contributed by atoms with van der Waals surface area (Å²) < 4.78 is 0. The largest absolute Gasteiger partial charge is 0.325 e. The number of carbonyl (C=O) groups excluding carboxylic acids is 2. The standard InChI is InChI=1S/C17H19N3O2/c1-11-3-6-13(7-4-11)17(22)19-14-8-5-12(2)15(9-14)20-16(21)10-18/h3-9H,10,18H2,1-2H3,(H,19,22)(H,20,21). The lowest BCUT2D eigenvalue weighted by Gasteiger charge is -2.11. The van der Waals surface area contributed by atoms with Crippen molar-refractivity contribution in [3.05, 3.63) is 59.2 Å². The molecule has 114 valence electrons. The van der Waals surface area contributed by atoms with Gasteiger partial charge in [-0.2, -0.15) is 0 Å². The van der Waals surface area contributed by atoms with Gasteiger partial charge in [-0.15, -0.1) is 0 Å². The van der Waals surface area contributed by atoms with Gasteiger partial charge in [0.15, 0.2) is 0 Å². The summed E-state index contributed by atoms with van der Waals surface area (Å²) in [7, 11) is 0. The highest BCUT2D eigenvalue weighted by Gasteiger charge is 2.08. The average molecular weight is 297 g/mol. The van der Waals surface area contributed by atoms with Crippen LogP contribution in [0, 0.1) is 13.8 Å². The lowest BCUT2D eigenvalue weighted by molar-refractivity contribution is -0.114. The summed E-state index contributed by atoms with van der Waals surface area (Å²) in [6, 6.07) is 12.7. The summed E-state index contributed by atoms with van der Waals surface area (Å²) in [5.74, 6) is -0.468. The summed E-state index contributed by atoms with van der Waals surface area (Å²) in [6.07, 6.45) is 0. The Kier molecular flexibility index (Phi) is 4.91. The minimum absolute atomic E-state index is 0.0839. The number of nitrogens with two attached hydrogens (primary N) is 1. The molecule has 0 aromatic heterocycles. The van der Waals surface area contributed by atoms with E-state index in [0.29, 0.717) is 16.9 Å². The van der Waals surface area contributed by atoms with Crippen LogP contribution in [0.2, 0.25) is 0 Å². The fourth-order valence-corrected chi connectivity index (χ4v) is 1.94. The summed E-state index contributed by atoms with van der Waals surface area (Å²) >= 11 is 0. The van der Waals surface area contributed by atoms with Gasteiger partial charge >= 0.3 is 0 Å². The molecule has 0 saturated carbocycles. The molecule has 0 heterocycles. The van der Waals surface area contributed by atoms with Gasteiger partial charge in [-0.25, -0.2) is 0 Å². The summed E-state index contributed by atoms with van der Waals surface area (Å²) in [5, 5.41) is 5.52. The third kappa shape index (κ3) is 3.93. The Balaban J connectivity index is 2.15. The number of nitrogens with one attached hydrogen (secondary N) is 2. The maximum Gasteiger partial charge on any atom is 0.255 e. The Labute approximate surface area is 129 Å². The molecule has 0 aliphatic heterocycles. The Morgan fingerprint density at radius 2 is 1.68 bits per heavy atom. The lowest BCUT2D eigenvalue weighted by Crippen LogP contribution is -2.22. The third-order valence-electron chi connectivity index (χ3n) is 3.27. The molecule has 0 fully saturated rings. The van der Waals surface area contributed by atoms with Crippen molar-refractivity contribution in [1.82, 2.24) is 0 Å². The van der Waals surface area contributed by atoms with Gasteiger partial charge in [0.1, 0.15) is 0 Å². The molecule has 2 aromatic rings. The van der Waals surface area contributed by atoms with Crippen LogP contribution < -0.4 is 16.4 Å². The van der Waals surface area contributed by atoms with E-state index in [1.807, 2.05) is 32.0 Å². The van der Waals surface area contributed by atoms with E-state index >= 15 is 0 Å². The van der Waals surface area contributed by atoms with Gasteiger partial charge < -0.3 is 16.4 Å². The molecule has 2 aromatic carbocycles. The van der Waals surface area contributed by atoms with Crippen LogP contribution in [0.3, 0.4) is 0 Å². The van der Waals surface area contributed by atoms with Crippen LogP contribution in [0.5, 0.6) is 0 Å². The maximum atomic E-state index is 12.2. The van der Waals surface area contributed by atoms with Gasteiger partial charge in [0, 0.05) is 16.9 Å². The van der Waals surface area contributed by atoms with Crippen LogP contribution in [0.25, 0.3) is 0 Å². The molecule has 0 unspecified atom stereocenters. The first-order valence-electron chi connectivity index (χ1n) is 6.98. The average Bonchev–Trinajstić information content (AvgIpc) is 2.51. The number of carbonyl (C=O) groups is 2. The van der Waals surface area contributed by atoms with E-state index in [1.165, 1.54) is 0 Å². The molecule has 0 atom stereocenters. The third-order valence-corrected chi connectivity index (χ3v) is 3.27. The van der Waals surface area contributed by atoms with Crippen molar-refractivity contribution in [3.8, 4) is 0 Å². The van der Waals surface area contributed by atoms with Crippen molar-refractivity contribution in [1.29, 1.82) is 0 Å². The fourth-order valence-electron chi connectivity index (χ4n) is 1.94. The first-order chi connectivity index (χ1) is 10.5. The zero-order chi connectivity index (χ0) is 16.1. The van der Waals surface area contributed by atoms with Crippen molar-refractivity contribution >= 4 is 23.2 Å². The van der Waals surface area contributed by atoms with E-state index in [1.54, 1.807) is 24.3 Å². The molecule has 2 amide bonds. The van der Waals surface area contributed by atoms with E-state index in [2.05, 4.69) is 10.6 Å². The Morgan fingerprint density at radius 3 is 2.32 bits per heavy atom. The van der Waals surface area contributed by atoms with Gasteiger partial charge in [-0.3, -0.25) is 9.59 Å². The molecule has 0 spiro atoms. The zero-order valence-corrected chi connectivity index (χ0v) is 12.6. The van der Waals surface area contributed by atoms with Crippen LogP contribution in [0.4, 0.5) is 11.4 Å². The first-order valence-corrected chi connectivity index (χ1v) is 6.98. The molecule has 0 radical (unpaired) electrons. The second-order valence-electron chi connectivity index (χ2n) is 5.10. The Bertz CT molecular complexity index is 694. The second-order valence-corrected chi connectivity index (χ2v) is 5.10. The van der Waals surface area contributed by atoms with E-state index in [4.69, 9.17) is 5.73 Å². The predicted molar refractivity (Wildman–Crippen MR) is 88.0 cm³/mol. The number of aryl methyl sites for hydroxylation is 2. The van der Waals surface area contributed by atoms with Crippen molar-refractivity contribution in [2.75, 3.05) is 17.2 Å². The molecule has 2 rings (SSSR count). The minimum Gasteiger partial charge on any atom is -0.325 e. The summed E-state index contributed by atoms with van der Waals surface area (Å²) in [5.41, 5.74) is 9.12. The van der Waals surface area contributed by atoms with Crippen LogP contribution in [0.15, 0.2) is 42.5 Å². The van der Waals surface area contributed by atoms with Crippen molar-refractivity contribution in [2.24, 2.45) is 5.73 Å². The highest BCUT2D eigenvalue weighted by molar-refractivity contribution is 6.04. The quantitative estimate of drug-likeness (QED) is 0.810. The molecule has 22 heavy (non-hydrogen) atoms. The highest BCUT2D eigenvalue weighted by atomic mass is 16.2. The molecule has 0 aliphatic carbocycles. The Hall–Kier alpha value is -2.66. The van der Waals surface area contributed by atoms with Crippen molar-refractivity contribution in [3.63, 3.8) is 0 Å². The molecule has 4 N–H and O–H groups in total. The molecule has 0 aliphatic rings. The number of amides is 2. The van der Waals surface area contributed by atoms with E-state index in [-0.39, 0.29) is 18.4 Å². The highest BCUT2D eigenvalue weighted by Crippen LogP contribution is 2.21. The van der Waals surface area contributed by atoms with Crippen molar-refractivity contribution < 1.29 is 9.59 Å². The summed E-state index contributed by atoms with van der Waals surface area (Å²) in [6.45, 7) is 3.76. The summed E-state index contributed by atoms with van der Waals surface area (Å²) in [4.78, 5) is 23.6. The van der Waals surface area contributed by atoms with E-state index in [0.717, 1.165) is 11.1 Å². The predicted octanol–water partition coefficient (Wildman–Crippen LogP) is 2.45. The van der Waals surface area contributed by atoms with Gasteiger partial charge in [-0.1, -0.05) is 23.8 Å². The monoisotopic (exact) mass is 297 g/mol. The van der Waals surface area contributed by atoms with Crippen LogP contribution >= 0.6 is 0 Å². The normalized spacial score (nSPS) is 10.1. The maximum absolute atomic E-state index is 12.2. The first kappa shape index (κ1) is 15.7. The molecular formula is C17H19N3O2. The van der Waals surface area contributed by atoms with Gasteiger partial charge in [0.2, 0.25) is 5.91 Å². The van der Waals surface area contributed by atoms with E-state index in [9.17, 15) is 9.59 Å². The number of anilines is 2. The number of hydrogen-bond acceptors (Lipinski definition) is 3.